The lowest BCUT2D eigenvalue weighted by Crippen LogP contribution is -2.52. The van der Waals surface area contributed by atoms with Crippen LogP contribution in [0.15, 0.2) is 6.07 Å². The van der Waals surface area contributed by atoms with Crippen molar-refractivity contribution in [3.05, 3.63) is 17.6 Å². The van der Waals surface area contributed by atoms with E-state index in [2.05, 4.69) is 48.9 Å². The molecule has 1 atom stereocenters. The third kappa shape index (κ3) is 8.61. The molecular weight excluding hydrogens is 490 g/mol. The second-order valence-electron chi connectivity index (χ2n) is 13.4. The number of rotatable bonds is 9. The first-order valence-electron chi connectivity index (χ1n) is 15.5. The molecule has 3 aliphatic rings. The second-order valence-corrected chi connectivity index (χ2v) is 13.4. The summed E-state index contributed by atoms with van der Waals surface area (Å²) in [5, 5.41) is 13.0. The zero-order valence-corrected chi connectivity index (χ0v) is 25.1. The van der Waals surface area contributed by atoms with Crippen LogP contribution in [0, 0.1) is 11.8 Å². The zero-order valence-electron chi connectivity index (χ0n) is 25.1. The molecule has 3 fully saturated rings. The number of nitrogens with one attached hydrogen (secondary N) is 1. The van der Waals surface area contributed by atoms with Crippen molar-refractivity contribution in [2.45, 2.75) is 116 Å². The molecule has 8 nitrogen and oxygen atoms in total. The number of hydrogen-bond donors (Lipinski definition) is 2. The molecule has 4 rings (SSSR count). The summed E-state index contributed by atoms with van der Waals surface area (Å²) in [5.74, 6) is 3.05. The third-order valence-electron chi connectivity index (χ3n) is 9.12. The van der Waals surface area contributed by atoms with Crippen LogP contribution in [-0.2, 0) is 21.4 Å². The largest absolute Gasteiger partial charge is 0.393 e. The minimum absolute atomic E-state index is 0.0931. The number of methoxy groups -OCH3 is 1. The molecule has 0 bridgehead atoms. The van der Waals surface area contributed by atoms with Gasteiger partial charge in [0.2, 0.25) is 5.91 Å². The molecule has 2 N–H and O–H groups in total. The topological polar surface area (TPSA) is 90.8 Å². The fourth-order valence-electron chi connectivity index (χ4n) is 6.49. The van der Waals surface area contributed by atoms with Gasteiger partial charge < -0.3 is 20.1 Å². The number of carbonyl (C=O) groups is 1. The van der Waals surface area contributed by atoms with E-state index < -0.39 is 0 Å². The zero-order chi connectivity index (χ0) is 28.0. The first kappa shape index (κ1) is 30.2. The predicted molar refractivity (Wildman–Crippen MR) is 156 cm³/mol. The van der Waals surface area contributed by atoms with E-state index in [1.807, 2.05) is 0 Å². The Bertz CT molecular complexity index is 919. The van der Waals surface area contributed by atoms with Gasteiger partial charge in [0.1, 0.15) is 11.6 Å². The van der Waals surface area contributed by atoms with Gasteiger partial charge in [0.05, 0.1) is 12.7 Å². The third-order valence-corrected chi connectivity index (χ3v) is 9.12. The molecule has 2 aliphatic carbocycles. The van der Waals surface area contributed by atoms with Gasteiger partial charge in [-0.25, -0.2) is 9.97 Å². The first-order chi connectivity index (χ1) is 18.6. The molecule has 220 valence electrons. The lowest BCUT2D eigenvalue weighted by molar-refractivity contribution is -0.127. The molecule has 39 heavy (non-hydrogen) atoms. The summed E-state index contributed by atoms with van der Waals surface area (Å²) in [6.45, 7) is 13.8. The smallest absolute Gasteiger partial charge is 0.223 e. The van der Waals surface area contributed by atoms with E-state index in [0.29, 0.717) is 18.7 Å². The molecule has 0 radical (unpaired) electrons. The standard InChI is InChI=1S/C31H53N5O3/c1-22-21-35(17-18-36(22)28-20-26(15-19-39-5)33-30(34-28)31(2,3)4)16-14-23-6-10-25(11-7-23)32-29(38)24-8-12-27(37)13-9-24/h20,22-25,27,37H,6-19,21H2,1-5H3,(H,32,38)/t22-,23-,24-,25+,27-/m1/s1. The number of nitrogens with zero attached hydrogens (tertiary/aromatic N) is 4. The Morgan fingerprint density at radius 3 is 2.44 bits per heavy atom. The van der Waals surface area contributed by atoms with Crippen LogP contribution >= 0.6 is 0 Å². The Balaban J connectivity index is 1.21. The number of aliphatic hydroxyl groups excluding tert-OH is 1. The van der Waals surface area contributed by atoms with Crippen molar-refractivity contribution in [3.8, 4) is 0 Å². The van der Waals surface area contributed by atoms with Crippen molar-refractivity contribution in [1.82, 2.24) is 20.2 Å². The Morgan fingerprint density at radius 1 is 1.08 bits per heavy atom. The van der Waals surface area contributed by atoms with Gasteiger partial charge in [-0.05, 0) is 77.2 Å². The molecule has 1 amide bonds. The van der Waals surface area contributed by atoms with Crippen molar-refractivity contribution in [2.75, 3.05) is 44.8 Å². The summed E-state index contributed by atoms with van der Waals surface area (Å²) in [5.41, 5.74) is 0.968. The number of aromatic nitrogens is 2. The number of carbonyl (C=O) groups excluding carboxylic acids is 1. The molecule has 8 heteroatoms. The quantitative estimate of drug-likeness (QED) is 0.485. The minimum Gasteiger partial charge on any atom is -0.393 e. The molecular formula is C31H53N5O3. The monoisotopic (exact) mass is 543 g/mol. The first-order valence-corrected chi connectivity index (χ1v) is 15.5. The fourth-order valence-corrected chi connectivity index (χ4v) is 6.49. The summed E-state index contributed by atoms with van der Waals surface area (Å²) in [4.78, 5) is 27.6. The lowest BCUT2D eigenvalue weighted by Gasteiger charge is -2.41. The maximum absolute atomic E-state index is 12.7. The van der Waals surface area contributed by atoms with Gasteiger partial charge in [-0.2, -0.15) is 0 Å². The molecule has 1 aromatic rings. The molecule has 0 unspecified atom stereocenters. The van der Waals surface area contributed by atoms with Crippen LogP contribution in [0.1, 0.15) is 97.0 Å². The lowest BCUT2D eigenvalue weighted by atomic mass is 9.83. The Hall–Kier alpha value is -1.77. The Morgan fingerprint density at radius 2 is 1.79 bits per heavy atom. The van der Waals surface area contributed by atoms with Crippen molar-refractivity contribution >= 4 is 11.7 Å². The van der Waals surface area contributed by atoms with Crippen molar-refractivity contribution < 1.29 is 14.6 Å². The van der Waals surface area contributed by atoms with Crippen molar-refractivity contribution in [1.29, 1.82) is 0 Å². The van der Waals surface area contributed by atoms with Gasteiger partial charge in [0.25, 0.3) is 0 Å². The average Bonchev–Trinajstić information content (AvgIpc) is 2.91. The average molecular weight is 544 g/mol. The highest BCUT2D eigenvalue weighted by Crippen LogP contribution is 2.30. The number of amides is 1. The SMILES string of the molecule is COCCc1cc(N2CCN(CC[C@H]3CC[C@@H](NC(=O)[C@H]4CC[C@H](O)CC4)CC3)C[C@H]2C)nc(C(C)(C)C)n1. The maximum atomic E-state index is 12.7. The molecule has 0 aromatic carbocycles. The molecule has 2 saturated carbocycles. The Kier molecular flexibility index (Phi) is 10.6. The van der Waals surface area contributed by atoms with Crippen molar-refractivity contribution in [3.63, 3.8) is 0 Å². The number of ether oxygens (including phenoxy) is 1. The van der Waals surface area contributed by atoms with Gasteiger partial charge >= 0.3 is 0 Å². The number of aliphatic hydroxyl groups is 1. The highest BCUT2D eigenvalue weighted by atomic mass is 16.5. The van der Waals surface area contributed by atoms with E-state index in [9.17, 15) is 9.90 Å². The summed E-state index contributed by atoms with van der Waals surface area (Å²) in [6, 6.07) is 2.90. The van der Waals surface area contributed by atoms with E-state index in [4.69, 9.17) is 14.7 Å². The summed E-state index contributed by atoms with van der Waals surface area (Å²) < 4.78 is 5.31. The van der Waals surface area contributed by atoms with E-state index in [1.165, 1.54) is 19.3 Å². The van der Waals surface area contributed by atoms with Crippen LogP contribution in [0.25, 0.3) is 0 Å². The number of hydrogen-bond acceptors (Lipinski definition) is 7. The van der Waals surface area contributed by atoms with Gasteiger partial charge in [0, 0.05) is 68.3 Å². The van der Waals surface area contributed by atoms with Gasteiger partial charge in [-0.3, -0.25) is 9.69 Å². The van der Waals surface area contributed by atoms with E-state index >= 15 is 0 Å². The maximum Gasteiger partial charge on any atom is 0.223 e. The fraction of sp³-hybridized carbons (Fsp3) is 0.839. The van der Waals surface area contributed by atoms with E-state index in [0.717, 1.165) is 94.4 Å². The van der Waals surface area contributed by atoms with Crippen LogP contribution in [0.3, 0.4) is 0 Å². The van der Waals surface area contributed by atoms with Crippen LogP contribution in [-0.4, -0.2) is 84.0 Å². The van der Waals surface area contributed by atoms with Gasteiger partial charge in [-0.15, -0.1) is 0 Å². The van der Waals surface area contributed by atoms with Crippen LogP contribution in [0.4, 0.5) is 5.82 Å². The summed E-state index contributed by atoms with van der Waals surface area (Å²) in [7, 11) is 1.74. The van der Waals surface area contributed by atoms with Crippen molar-refractivity contribution in [2.24, 2.45) is 11.8 Å². The van der Waals surface area contributed by atoms with Crippen LogP contribution in [0.2, 0.25) is 0 Å². The summed E-state index contributed by atoms with van der Waals surface area (Å²) in [6.07, 6.45) is 9.68. The second kappa shape index (κ2) is 13.7. The highest BCUT2D eigenvalue weighted by Gasteiger charge is 2.30. The highest BCUT2D eigenvalue weighted by molar-refractivity contribution is 5.79. The minimum atomic E-state index is -0.206. The van der Waals surface area contributed by atoms with E-state index in [-0.39, 0.29) is 23.3 Å². The number of anilines is 1. The van der Waals surface area contributed by atoms with Gasteiger partial charge in [0.15, 0.2) is 0 Å². The molecule has 2 heterocycles. The Labute approximate surface area is 236 Å². The molecule has 0 spiro atoms. The normalized spacial score (nSPS) is 28.9. The van der Waals surface area contributed by atoms with Crippen LogP contribution in [0.5, 0.6) is 0 Å². The number of piperazine rings is 1. The van der Waals surface area contributed by atoms with E-state index in [1.54, 1.807) is 7.11 Å². The molecule has 1 aliphatic heterocycles. The predicted octanol–water partition coefficient (Wildman–Crippen LogP) is 4.09. The molecule has 1 aromatic heterocycles. The summed E-state index contributed by atoms with van der Waals surface area (Å²) >= 11 is 0. The van der Waals surface area contributed by atoms with Crippen LogP contribution < -0.4 is 10.2 Å². The molecule has 1 saturated heterocycles. The van der Waals surface area contributed by atoms with Gasteiger partial charge in [-0.1, -0.05) is 20.8 Å².